The van der Waals surface area contributed by atoms with Gasteiger partial charge in [0.2, 0.25) is 0 Å². The minimum atomic E-state index is -0.0904. The molecular formula is C38H30N2. The van der Waals surface area contributed by atoms with Crippen molar-refractivity contribution in [2.24, 2.45) is 7.05 Å². The Bertz CT molecular complexity index is 2100. The summed E-state index contributed by atoms with van der Waals surface area (Å²) in [4.78, 5) is 2.44. The first-order valence-corrected chi connectivity index (χ1v) is 14.0. The number of aryl methyl sites for hydroxylation is 1. The van der Waals surface area contributed by atoms with Gasteiger partial charge in [-0.05, 0) is 64.0 Å². The van der Waals surface area contributed by atoms with E-state index in [1.165, 1.54) is 60.5 Å². The van der Waals surface area contributed by atoms with E-state index in [1.54, 1.807) is 0 Å². The summed E-state index contributed by atoms with van der Waals surface area (Å²) in [6.45, 7) is 4.73. The quantitative estimate of drug-likeness (QED) is 0.228. The minimum absolute atomic E-state index is 0.0904. The third kappa shape index (κ3) is 3.11. The van der Waals surface area contributed by atoms with Crippen molar-refractivity contribution in [3.63, 3.8) is 0 Å². The molecule has 8 rings (SSSR count). The van der Waals surface area contributed by atoms with E-state index in [0.717, 1.165) is 11.4 Å². The van der Waals surface area contributed by atoms with Gasteiger partial charge in [-0.1, -0.05) is 105 Å². The summed E-state index contributed by atoms with van der Waals surface area (Å²) >= 11 is 0. The molecule has 1 aliphatic rings. The fraction of sp³-hybridized carbons (Fsp3) is 0.105. The third-order valence-corrected chi connectivity index (χ3v) is 8.98. The zero-order valence-corrected chi connectivity index (χ0v) is 23.0. The van der Waals surface area contributed by atoms with Crippen LogP contribution in [0.15, 0.2) is 127 Å². The highest BCUT2D eigenvalue weighted by molar-refractivity contribution is 6.12. The standard InChI is InChI=1S/C38H30N2/c1-38(2)32-19-11-9-18-31(32)37-30-17-8-7-16-28(30)36(24-33(37)38)40(25-13-5-4-6-14-25)26-21-22-29-27-15-10-12-20-34(27)39(3)35(29)23-26/h4-24H,1-3H3. The van der Waals surface area contributed by atoms with Crippen molar-refractivity contribution in [3.05, 3.63) is 139 Å². The predicted octanol–water partition coefficient (Wildman–Crippen LogP) is 10.3. The lowest BCUT2D eigenvalue weighted by molar-refractivity contribution is 0.661. The van der Waals surface area contributed by atoms with Crippen LogP contribution in [0.4, 0.5) is 17.1 Å². The maximum absolute atomic E-state index is 2.45. The third-order valence-electron chi connectivity index (χ3n) is 8.98. The molecule has 7 aromatic rings. The molecule has 0 amide bonds. The fourth-order valence-electron chi connectivity index (χ4n) is 7.01. The summed E-state index contributed by atoms with van der Waals surface area (Å²) in [6.07, 6.45) is 0. The molecule has 0 unspecified atom stereocenters. The number of anilines is 3. The summed E-state index contributed by atoms with van der Waals surface area (Å²) in [7, 11) is 2.17. The largest absolute Gasteiger partial charge is 0.344 e. The van der Waals surface area contributed by atoms with Crippen molar-refractivity contribution in [1.82, 2.24) is 4.57 Å². The molecule has 0 aliphatic heterocycles. The summed E-state index contributed by atoms with van der Waals surface area (Å²) < 4.78 is 2.32. The molecule has 1 heterocycles. The van der Waals surface area contributed by atoms with Crippen LogP contribution in [0.5, 0.6) is 0 Å². The van der Waals surface area contributed by atoms with Crippen LogP contribution in [0, 0.1) is 0 Å². The minimum Gasteiger partial charge on any atom is -0.344 e. The Labute approximate surface area is 234 Å². The lowest BCUT2D eigenvalue weighted by Gasteiger charge is -2.30. The van der Waals surface area contributed by atoms with Crippen molar-refractivity contribution >= 4 is 49.6 Å². The topological polar surface area (TPSA) is 8.17 Å². The zero-order chi connectivity index (χ0) is 27.0. The molecule has 0 fully saturated rings. The average molecular weight is 515 g/mol. The fourth-order valence-corrected chi connectivity index (χ4v) is 7.01. The Hall–Kier alpha value is -4.82. The molecule has 1 aliphatic carbocycles. The van der Waals surface area contributed by atoms with E-state index in [1.807, 2.05) is 0 Å². The van der Waals surface area contributed by atoms with Gasteiger partial charge in [0, 0.05) is 45.5 Å². The SMILES string of the molecule is Cn1c2ccccc2c2ccc(N(c3ccccc3)c3cc4c(c5ccccc35)-c3ccccc3C4(C)C)cc21. The van der Waals surface area contributed by atoms with Gasteiger partial charge in [0.1, 0.15) is 0 Å². The van der Waals surface area contributed by atoms with E-state index in [0.29, 0.717) is 0 Å². The van der Waals surface area contributed by atoms with E-state index in [4.69, 9.17) is 0 Å². The van der Waals surface area contributed by atoms with Crippen LogP contribution in [0.3, 0.4) is 0 Å². The second-order valence-corrected chi connectivity index (χ2v) is 11.5. The predicted molar refractivity (Wildman–Crippen MR) is 170 cm³/mol. The molecule has 1 aromatic heterocycles. The number of benzene rings is 6. The first-order valence-electron chi connectivity index (χ1n) is 14.0. The summed E-state index contributed by atoms with van der Waals surface area (Å²) in [5.74, 6) is 0. The van der Waals surface area contributed by atoms with E-state index in [-0.39, 0.29) is 5.41 Å². The van der Waals surface area contributed by atoms with Gasteiger partial charge in [-0.3, -0.25) is 0 Å². The number of hydrogen-bond acceptors (Lipinski definition) is 1. The maximum Gasteiger partial charge on any atom is 0.0543 e. The average Bonchev–Trinajstić information content (AvgIpc) is 3.41. The zero-order valence-electron chi connectivity index (χ0n) is 23.0. The van der Waals surface area contributed by atoms with Gasteiger partial charge in [0.15, 0.2) is 0 Å². The highest BCUT2D eigenvalue weighted by atomic mass is 15.1. The first kappa shape index (κ1) is 23.1. The summed E-state index contributed by atoms with van der Waals surface area (Å²) in [5, 5.41) is 5.14. The Morgan fingerprint density at radius 2 is 1.18 bits per heavy atom. The molecule has 0 atom stereocenters. The number of nitrogens with zero attached hydrogens (tertiary/aromatic N) is 2. The molecule has 192 valence electrons. The van der Waals surface area contributed by atoms with E-state index >= 15 is 0 Å². The highest BCUT2D eigenvalue weighted by Crippen LogP contribution is 2.54. The van der Waals surface area contributed by atoms with Gasteiger partial charge < -0.3 is 9.47 Å². The van der Waals surface area contributed by atoms with E-state index in [2.05, 4.69) is 158 Å². The van der Waals surface area contributed by atoms with Crippen LogP contribution in [0.2, 0.25) is 0 Å². The van der Waals surface area contributed by atoms with Crippen molar-refractivity contribution in [1.29, 1.82) is 0 Å². The van der Waals surface area contributed by atoms with Crippen molar-refractivity contribution < 1.29 is 0 Å². The number of aromatic nitrogens is 1. The molecular weight excluding hydrogens is 484 g/mol. The van der Waals surface area contributed by atoms with E-state index < -0.39 is 0 Å². The van der Waals surface area contributed by atoms with Crippen LogP contribution < -0.4 is 4.90 Å². The second kappa shape index (κ2) is 8.34. The molecule has 0 radical (unpaired) electrons. The van der Waals surface area contributed by atoms with Gasteiger partial charge >= 0.3 is 0 Å². The van der Waals surface area contributed by atoms with Gasteiger partial charge in [0.25, 0.3) is 0 Å². The van der Waals surface area contributed by atoms with Crippen LogP contribution in [-0.2, 0) is 12.5 Å². The van der Waals surface area contributed by atoms with Crippen molar-refractivity contribution in [2.75, 3.05) is 4.90 Å². The molecule has 40 heavy (non-hydrogen) atoms. The number of fused-ring (bicyclic) bond motifs is 8. The molecule has 0 N–H and O–H groups in total. The Balaban J connectivity index is 1.45. The summed E-state index contributed by atoms with van der Waals surface area (Å²) in [6, 6.07) is 46.7. The summed E-state index contributed by atoms with van der Waals surface area (Å²) in [5.41, 5.74) is 11.4. The number of hydrogen-bond donors (Lipinski definition) is 0. The molecule has 0 bridgehead atoms. The second-order valence-electron chi connectivity index (χ2n) is 11.5. The van der Waals surface area contributed by atoms with E-state index in [9.17, 15) is 0 Å². The Morgan fingerprint density at radius 3 is 2.00 bits per heavy atom. The normalized spacial score (nSPS) is 13.6. The Kier molecular flexibility index (Phi) is 4.82. The number of para-hydroxylation sites is 2. The van der Waals surface area contributed by atoms with Gasteiger partial charge in [-0.25, -0.2) is 0 Å². The molecule has 6 aromatic carbocycles. The first-order chi connectivity index (χ1) is 19.5. The Morgan fingerprint density at radius 1 is 0.525 bits per heavy atom. The van der Waals surface area contributed by atoms with Crippen LogP contribution in [0.25, 0.3) is 43.7 Å². The number of rotatable bonds is 3. The molecule has 0 spiro atoms. The van der Waals surface area contributed by atoms with Crippen LogP contribution in [0.1, 0.15) is 25.0 Å². The smallest absolute Gasteiger partial charge is 0.0543 e. The maximum atomic E-state index is 2.45. The van der Waals surface area contributed by atoms with Crippen molar-refractivity contribution in [2.45, 2.75) is 19.3 Å². The lowest BCUT2D eigenvalue weighted by atomic mass is 9.81. The molecule has 0 saturated heterocycles. The van der Waals surface area contributed by atoms with Gasteiger partial charge in [-0.15, -0.1) is 0 Å². The molecule has 2 nitrogen and oxygen atoms in total. The van der Waals surface area contributed by atoms with Crippen LogP contribution in [-0.4, -0.2) is 4.57 Å². The van der Waals surface area contributed by atoms with Crippen LogP contribution >= 0.6 is 0 Å². The highest BCUT2D eigenvalue weighted by Gasteiger charge is 2.37. The van der Waals surface area contributed by atoms with Crippen molar-refractivity contribution in [3.8, 4) is 11.1 Å². The molecule has 0 saturated carbocycles. The van der Waals surface area contributed by atoms with Gasteiger partial charge in [0.05, 0.1) is 11.2 Å². The lowest BCUT2D eigenvalue weighted by Crippen LogP contribution is -2.17. The van der Waals surface area contributed by atoms with Gasteiger partial charge in [-0.2, -0.15) is 0 Å². The molecule has 2 heteroatoms. The monoisotopic (exact) mass is 514 g/mol.